The Morgan fingerprint density at radius 2 is 1.94 bits per heavy atom. The summed E-state index contributed by atoms with van der Waals surface area (Å²) in [5, 5.41) is 9.76. The van der Waals surface area contributed by atoms with Crippen LogP contribution in [0.2, 0.25) is 0 Å². The predicted molar refractivity (Wildman–Crippen MR) is 68.4 cm³/mol. The average molecular weight is 250 g/mol. The fourth-order valence-electron chi connectivity index (χ4n) is 3.41. The number of nitrogens with zero attached hydrogens (tertiary/aromatic N) is 1. The molecular weight excluding hydrogens is 231 g/mol. The second-order valence-electron chi connectivity index (χ2n) is 5.53. The molecule has 0 spiro atoms. The first-order valence-corrected chi connectivity index (χ1v) is 6.61. The molecule has 98 valence electrons. The highest BCUT2D eigenvalue weighted by Gasteiger charge is 2.40. The molecule has 2 aliphatic rings. The molecule has 3 nitrogen and oxygen atoms in total. The maximum Gasteiger partial charge on any atom is 0.123 e. The van der Waals surface area contributed by atoms with E-state index in [4.69, 9.17) is 5.73 Å². The van der Waals surface area contributed by atoms with Gasteiger partial charge >= 0.3 is 0 Å². The number of rotatable bonds is 2. The summed E-state index contributed by atoms with van der Waals surface area (Å²) in [5.74, 6) is -0.233. The van der Waals surface area contributed by atoms with Gasteiger partial charge in [-0.05, 0) is 49.4 Å². The first kappa shape index (κ1) is 11.9. The quantitative estimate of drug-likeness (QED) is 0.788. The number of aliphatic hydroxyl groups excluding tert-OH is 1. The van der Waals surface area contributed by atoms with Crippen LogP contribution >= 0.6 is 0 Å². The van der Waals surface area contributed by atoms with E-state index in [1.54, 1.807) is 6.07 Å². The van der Waals surface area contributed by atoms with Gasteiger partial charge in [-0.1, -0.05) is 0 Å². The molecule has 0 saturated carbocycles. The van der Waals surface area contributed by atoms with Crippen molar-refractivity contribution >= 4 is 5.69 Å². The zero-order valence-corrected chi connectivity index (χ0v) is 10.3. The number of piperidine rings is 1. The van der Waals surface area contributed by atoms with Crippen molar-refractivity contribution in [1.82, 2.24) is 4.90 Å². The van der Waals surface area contributed by atoms with E-state index in [1.807, 2.05) is 0 Å². The summed E-state index contributed by atoms with van der Waals surface area (Å²) in [6, 6.07) is 5.42. The molecule has 1 aromatic carbocycles. The summed E-state index contributed by atoms with van der Waals surface area (Å²) in [6.07, 6.45) is 3.79. The molecule has 2 atom stereocenters. The van der Waals surface area contributed by atoms with E-state index in [1.165, 1.54) is 12.1 Å². The highest BCUT2D eigenvalue weighted by Crippen LogP contribution is 2.37. The zero-order valence-electron chi connectivity index (χ0n) is 10.3. The van der Waals surface area contributed by atoms with Crippen molar-refractivity contribution < 1.29 is 9.50 Å². The van der Waals surface area contributed by atoms with Crippen LogP contribution in [0.25, 0.3) is 0 Å². The van der Waals surface area contributed by atoms with Crippen LogP contribution in [0, 0.1) is 5.82 Å². The number of fused-ring (bicyclic) bond motifs is 2. The van der Waals surface area contributed by atoms with Gasteiger partial charge in [-0.15, -0.1) is 0 Å². The van der Waals surface area contributed by atoms with Crippen LogP contribution in [-0.2, 0) is 6.54 Å². The molecule has 2 unspecified atom stereocenters. The number of halogens is 1. The highest BCUT2D eigenvalue weighted by atomic mass is 19.1. The average Bonchev–Trinajstić information content (AvgIpc) is 2.57. The molecule has 3 rings (SSSR count). The second kappa shape index (κ2) is 4.52. The number of nitrogens with two attached hydrogens (primary N) is 1. The van der Waals surface area contributed by atoms with Gasteiger partial charge < -0.3 is 10.8 Å². The summed E-state index contributed by atoms with van der Waals surface area (Å²) >= 11 is 0. The Morgan fingerprint density at radius 3 is 2.61 bits per heavy atom. The molecule has 2 fully saturated rings. The molecular formula is C14H19FN2O. The third-order valence-electron chi connectivity index (χ3n) is 4.32. The minimum absolute atomic E-state index is 0.163. The first-order valence-electron chi connectivity index (χ1n) is 6.61. The maximum atomic E-state index is 13.3. The number of benzene rings is 1. The molecule has 0 amide bonds. The third-order valence-corrected chi connectivity index (χ3v) is 4.32. The highest BCUT2D eigenvalue weighted by molar-refractivity contribution is 5.46. The zero-order chi connectivity index (χ0) is 12.7. The van der Waals surface area contributed by atoms with Gasteiger partial charge in [-0.2, -0.15) is 0 Å². The normalized spacial score (nSPS) is 31.8. The summed E-state index contributed by atoms with van der Waals surface area (Å²) in [4.78, 5) is 2.39. The van der Waals surface area contributed by atoms with Crippen LogP contribution in [0.5, 0.6) is 0 Å². The molecule has 2 bridgehead atoms. The smallest absolute Gasteiger partial charge is 0.123 e. The Hall–Kier alpha value is -1.13. The minimum Gasteiger partial charge on any atom is -0.398 e. The second-order valence-corrected chi connectivity index (χ2v) is 5.53. The van der Waals surface area contributed by atoms with Crippen molar-refractivity contribution in [2.75, 3.05) is 5.73 Å². The monoisotopic (exact) mass is 250 g/mol. The molecule has 0 aliphatic carbocycles. The molecule has 3 N–H and O–H groups in total. The first-order chi connectivity index (χ1) is 8.63. The summed E-state index contributed by atoms with van der Waals surface area (Å²) < 4.78 is 13.3. The lowest BCUT2D eigenvalue weighted by atomic mass is 9.99. The lowest BCUT2D eigenvalue weighted by Crippen LogP contribution is -2.44. The van der Waals surface area contributed by atoms with Gasteiger partial charge in [0.1, 0.15) is 5.82 Å². The van der Waals surface area contributed by atoms with Gasteiger partial charge in [0, 0.05) is 24.3 Å². The Labute approximate surface area is 106 Å². The molecule has 2 aliphatic heterocycles. The van der Waals surface area contributed by atoms with E-state index in [-0.39, 0.29) is 11.9 Å². The van der Waals surface area contributed by atoms with E-state index in [2.05, 4.69) is 4.90 Å². The van der Waals surface area contributed by atoms with Crippen LogP contribution in [0.15, 0.2) is 18.2 Å². The summed E-state index contributed by atoms with van der Waals surface area (Å²) in [5.41, 5.74) is 7.42. The largest absolute Gasteiger partial charge is 0.398 e. The molecule has 4 heteroatoms. The number of hydrogen-bond acceptors (Lipinski definition) is 3. The van der Waals surface area contributed by atoms with Crippen LogP contribution in [0.3, 0.4) is 0 Å². The maximum absolute atomic E-state index is 13.3. The van der Waals surface area contributed by atoms with Crippen molar-refractivity contribution in [2.24, 2.45) is 0 Å². The molecule has 0 radical (unpaired) electrons. The van der Waals surface area contributed by atoms with Crippen molar-refractivity contribution in [1.29, 1.82) is 0 Å². The lowest BCUT2D eigenvalue weighted by Gasteiger charge is -2.37. The molecule has 0 aromatic heterocycles. The molecule has 2 heterocycles. The van der Waals surface area contributed by atoms with Gasteiger partial charge in [0.25, 0.3) is 0 Å². The summed E-state index contributed by atoms with van der Waals surface area (Å²) in [6.45, 7) is 0.700. The number of aliphatic hydroxyl groups is 1. The van der Waals surface area contributed by atoms with Gasteiger partial charge in [-0.3, -0.25) is 4.90 Å². The van der Waals surface area contributed by atoms with E-state index in [9.17, 15) is 9.50 Å². The number of hydrogen-bond donors (Lipinski definition) is 2. The van der Waals surface area contributed by atoms with E-state index in [0.717, 1.165) is 31.2 Å². The Balaban J connectivity index is 1.79. The van der Waals surface area contributed by atoms with Crippen LogP contribution < -0.4 is 5.73 Å². The SMILES string of the molecule is Nc1ccc(F)cc1CN1C2CCC1CC(O)C2. The van der Waals surface area contributed by atoms with E-state index >= 15 is 0 Å². The van der Waals surface area contributed by atoms with Gasteiger partial charge in [-0.25, -0.2) is 4.39 Å². The Morgan fingerprint density at radius 1 is 1.28 bits per heavy atom. The lowest BCUT2D eigenvalue weighted by molar-refractivity contribution is 0.0311. The Bertz CT molecular complexity index is 437. The standard InChI is InChI=1S/C14H19FN2O/c15-10-1-4-14(16)9(5-10)8-17-11-2-3-12(17)7-13(18)6-11/h1,4-5,11-13,18H,2-3,6-8,16H2. The van der Waals surface area contributed by atoms with Crippen LogP contribution in [-0.4, -0.2) is 28.2 Å². The molecule has 1 aromatic rings. The van der Waals surface area contributed by atoms with Crippen LogP contribution in [0.4, 0.5) is 10.1 Å². The third kappa shape index (κ3) is 2.10. The fourth-order valence-corrected chi connectivity index (χ4v) is 3.41. The van der Waals surface area contributed by atoms with Gasteiger partial charge in [0.15, 0.2) is 0 Å². The van der Waals surface area contributed by atoms with Crippen LogP contribution in [0.1, 0.15) is 31.2 Å². The van der Waals surface area contributed by atoms with Crippen molar-refractivity contribution in [3.8, 4) is 0 Å². The number of nitrogen functional groups attached to an aromatic ring is 1. The summed E-state index contributed by atoms with van der Waals surface area (Å²) in [7, 11) is 0. The predicted octanol–water partition coefficient (Wildman–Crippen LogP) is 1.90. The van der Waals surface area contributed by atoms with E-state index in [0.29, 0.717) is 24.3 Å². The van der Waals surface area contributed by atoms with E-state index < -0.39 is 0 Å². The Kier molecular flexibility index (Phi) is 2.99. The number of anilines is 1. The molecule has 2 saturated heterocycles. The van der Waals surface area contributed by atoms with Gasteiger partial charge in [0.2, 0.25) is 0 Å². The van der Waals surface area contributed by atoms with Crippen molar-refractivity contribution in [3.63, 3.8) is 0 Å². The fraction of sp³-hybridized carbons (Fsp3) is 0.571. The minimum atomic E-state index is -0.233. The van der Waals surface area contributed by atoms with Crippen molar-refractivity contribution in [3.05, 3.63) is 29.6 Å². The molecule has 18 heavy (non-hydrogen) atoms. The van der Waals surface area contributed by atoms with Crippen molar-refractivity contribution in [2.45, 2.75) is 50.4 Å². The van der Waals surface area contributed by atoms with Gasteiger partial charge in [0.05, 0.1) is 6.10 Å². The topological polar surface area (TPSA) is 49.5 Å².